The average Bonchev–Trinajstić information content (AvgIpc) is 3.44. The highest BCUT2D eigenvalue weighted by atomic mass is 35.5. The molecule has 0 saturated carbocycles. The zero-order chi connectivity index (χ0) is 23.2. The number of thioether (sulfide) groups is 1. The Balaban J connectivity index is 1.32. The van der Waals surface area contributed by atoms with Crippen LogP contribution in [0, 0.1) is 5.92 Å². The zero-order valence-electron chi connectivity index (χ0n) is 18.8. The molecule has 2 aromatic heterocycles. The molecule has 3 heterocycles. The maximum atomic E-state index is 12.5. The Labute approximate surface area is 202 Å². The third-order valence-corrected chi connectivity index (χ3v) is 6.34. The number of carbonyl (C=O) groups is 1. The van der Waals surface area contributed by atoms with Crippen molar-refractivity contribution in [2.75, 3.05) is 37.0 Å². The molecule has 1 fully saturated rings. The second-order valence-corrected chi connectivity index (χ2v) is 9.60. The van der Waals surface area contributed by atoms with Crippen molar-refractivity contribution in [3.63, 3.8) is 0 Å². The minimum absolute atomic E-state index is 0.0866. The summed E-state index contributed by atoms with van der Waals surface area (Å²) in [5.74, 6) is 2.88. The maximum Gasteiger partial charge on any atom is 0.230 e. The normalized spacial score (nSPS) is 14.1. The number of morpholine rings is 1. The lowest BCUT2D eigenvalue weighted by molar-refractivity contribution is -0.118. The molecule has 0 aliphatic carbocycles. The first-order valence-corrected chi connectivity index (χ1v) is 12.4. The number of furan rings is 1. The molecule has 176 valence electrons. The first kappa shape index (κ1) is 23.7. The fourth-order valence-corrected chi connectivity index (χ4v) is 4.42. The van der Waals surface area contributed by atoms with Gasteiger partial charge < -0.3 is 19.4 Å². The third-order valence-electron chi connectivity index (χ3n) is 5.12. The molecule has 1 aromatic carbocycles. The molecule has 0 unspecified atom stereocenters. The molecule has 1 aliphatic heterocycles. The van der Waals surface area contributed by atoms with Crippen LogP contribution in [0.5, 0.6) is 0 Å². The molecule has 0 radical (unpaired) electrons. The van der Waals surface area contributed by atoms with Crippen LogP contribution in [0.2, 0.25) is 5.02 Å². The van der Waals surface area contributed by atoms with Crippen molar-refractivity contribution in [2.24, 2.45) is 5.92 Å². The van der Waals surface area contributed by atoms with Crippen LogP contribution in [0.15, 0.2) is 46.0 Å². The molecule has 1 amide bonds. The first-order valence-electron chi connectivity index (χ1n) is 11.0. The van der Waals surface area contributed by atoms with Crippen LogP contribution in [-0.4, -0.2) is 52.7 Å². The molecule has 1 saturated heterocycles. The van der Waals surface area contributed by atoms with E-state index in [0.717, 1.165) is 42.1 Å². The van der Waals surface area contributed by atoms with Crippen LogP contribution in [0.25, 0.3) is 11.3 Å². The molecule has 33 heavy (non-hydrogen) atoms. The number of aromatic nitrogens is 3. The van der Waals surface area contributed by atoms with Gasteiger partial charge in [0.2, 0.25) is 11.9 Å². The van der Waals surface area contributed by atoms with Gasteiger partial charge in [-0.15, -0.1) is 10.2 Å². The van der Waals surface area contributed by atoms with Crippen molar-refractivity contribution < 1.29 is 13.9 Å². The van der Waals surface area contributed by atoms with Gasteiger partial charge in [-0.3, -0.25) is 9.36 Å². The molecule has 3 aromatic rings. The Morgan fingerprint density at radius 1 is 1.15 bits per heavy atom. The smallest absolute Gasteiger partial charge is 0.230 e. The van der Waals surface area contributed by atoms with Gasteiger partial charge in [0, 0.05) is 30.2 Å². The van der Waals surface area contributed by atoms with E-state index >= 15 is 0 Å². The lowest BCUT2D eigenvalue weighted by Gasteiger charge is -2.28. The van der Waals surface area contributed by atoms with Gasteiger partial charge in [-0.2, -0.15) is 0 Å². The van der Waals surface area contributed by atoms with E-state index in [0.29, 0.717) is 36.5 Å². The van der Waals surface area contributed by atoms with Gasteiger partial charge in [-0.25, -0.2) is 0 Å². The van der Waals surface area contributed by atoms with E-state index < -0.39 is 0 Å². The number of nitrogens with one attached hydrogen (secondary N) is 1. The number of rotatable bonds is 9. The Kier molecular flexibility index (Phi) is 7.95. The lowest BCUT2D eigenvalue weighted by atomic mass is 10.2. The summed E-state index contributed by atoms with van der Waals surface area (Å²) in [6.45, 7) is 8.40. The molecule has 0 spiro atoms. The van der Waals surface area contributed by atoms with E-state index in [-0.39, 0.29) is 11.7 Å². The predicted molar refractivity (Wildman–Crippen MR) is 130 cm³/mol. The minimum atomic E-state index is -0.0866. The van der Waals surface area contributed by atoms with Gasteiger partial charge in [0.1, 0.15) is 11.5 Å². The summed E-state index contributed by atoms with van der Waals surface area (Å²) in [4.78, 5) is 14.7. The van der Waals surface area contributed by atoms with Crippen molar-refractivity contribution in [1.29, 1.82) is 0 Å². The number of anilines is 1. The predicted octanol–water partition coefficient (Wildman–Crippen LogP) is 4.09. The fourth-order valence-electron chi connectivity index (χ4n) is 3.52. The van der Waals surface area contributed by atoms with Gasteiger partial charge in [0.15, 0.2) is 5.16 Å². The Morgan fingerprint density at radius 3 is 2.64 bits per heavy atom. The van der Waals surface area contributed by atoms with E-state index in [1.165, 1.54) is 11.8 Å². The summed E-state index contributed by atoms with van der Waals surface area (Å²) in [5, 5.41) is 13.1. The maximum absolute atomic E-state index is 12.5. The highest BCUT2D eigenvalue weighted by Crippen LogP contribution is 2.25. The molecular formula is C23H28ClN5O3S. The Hall–Kier alpha value is -2.49. The standard InChI is InChI=1S/C23H28ClN5O3S/c1-16(2)14-29-22(28-9-11-31-12-10-28)26-27-23(29)33-15-21(30)25-13-19-7-8-20(32-19)17-3-5-18(24)6-4-17/h3-8,16H,9-15H2,1-2H3,(H,25,30). The number of amides is 1. The van der Waals surface area contributed by atoms with Gasteiger partial charge in [-0.05, 0) is 42.3 Å². The molecule has 0 atom stereocenters. The quantitative estimate of drug-likeness (QED) is 0.453. The van der Waals surface area contributed by atoms with Crippen molar-refractivity contribution in [1.82, 2.24) is 20.1 Å². The average molecular weight is 490 g/mol. The molecular weight excluding hydrogens is 462 g/mol. The number of ether oxygens (including phenoxy) is 1. The van der Waals surface area contributed by atoms with E-state index in [4.69, 9.17) is 20.8 Å². The summed E-state index contributed by atoms with van der Waals surface area (Å²) >= 11 is 7.34. The second kappa shape index (κ2) is 11.1. The number of halogens is 1. The largest absolute Gasteiger partial charge is 0.459 e. The van der Waals surface area contributed by atoms with Crippen LogP contribution >= 0.6 is 23.4 Å². The minimum Gasteiger partial charge on any atom is -0.459 e. The van der Waals surface area contributed by atoms with Crippen LogP contribution in [0.3, 0.4) is 0 Å². The Bertz CT molecular complexity index is 1060. The summed E-state index contributed by atoms with van der Waals surface area (Å²) in [6.07, 6.45) is 0. The summed E-state index contributed by atoms with van der Waals surface area (Å²) < 4.78 is 13.4. The number of hydrogen-bond acceptors (Lipinski definition) is 7. The summed E-state index contributed by atoms with van der Waals surface area (Å²) in [7, 11) is 0. The monoisotopic (exact) mass is 489 g/mol. The number of benzene rings is 1. The zero-order valence-corrected chi connectivity index (χ0v) is 20.4. The topological polar surface area (TPSA) is 85.4 Å². The van der Waals surface area contributed by atoms with E-state index in [1.54, 1.807) is 0 Å². The highest BCUT2D eigenvalue weighted by molar-refractivity contribution is 7.99. The molecule has 0 bridgehead atoms. The molecule has 8 nitrogen and oxygen atoms in total. The summed E-state index contributed by atoms with van der Waals surface area (Å²) in [5.41, 5.74) is 0.938. The summed E-state index contributed by atoms with van der Waals surface area (Å²) in [6, 6.07) is 11.2. The molecule has 10 heteroatoms. The second-order valence-electron chi connectivity index (χ2n) is 8.22. The van der Waals surface area contributed by atoms with E-state index in [2.05, 4.69) is 38.8 Å². The molecule has 1 aliphatic rings. The number of nitrogens with zero attached hydrogens (tertiary/aromatic N) is 4. The SMILES string of the molecule is CC(C)Cn1c(SCC(=O)NCc2ccc(-c3ccc(Cl)cc3)o2)nnc1N1CCOCC1. The van der Waals surface area contributed by atoms with Crippen LogP contribution < -0.4 is 10.2 Å². The van der Waals surface area contributed by atoms with Crippen molar-refractivity contribution in [3.8, 4) is 11.3 Å². The van der Waals surface area contributed by atoms with E-state index in [1.807, 2.05) is 36.4 Å². The van der Waals surface area contributed by atoms with Crippen LogP contribution in [-0.2, 0) is 22.6 Å². The van der Waals surface area contributed by atoms with Crippen LogP contribution in [0.1, 0.15) is 19.6 Å². The number of hydrogen-bond donors (Lipinski definition) is 1. The van der Waals surface area contributed by atoms with Crippen molar-refractivity contribution >= 4 is 35.2 Å². The number of carbonyl (C=O) groups excluding carboxylic acids is 1. The Morgan fingerprint density at radius 2 is 1.91 bits per heavy atom. The highest BCUT2D eigenvalue weighted by Gasteiger charge is 2.21. The van der Waals surface area contributed by atoms with Gasteiger partial charge in [-0.1, -0.05) is 37.2 Å². The van der Waals surface area contributed by atoms with Crippen molar-refractivity contribution in [2.45, 2.75) is 32.1 Å². The van der Waals surface area contributed by atoms with Gasteiger partial charge in [0.05, 0.1) is 25.5 Å². The fraction of sp³-hybridized carbons (Fsp3) is 0.435. The van der Waals surface area contributed by atoms with Gasteiger partial charge in [0.25, 0.3) is 0 Å². The molecule has 4 rings (SSSR count). The first-order chi connectivity index (χ1) is 16.0. The van der Waals surface area contributed by atoms with Gasteiger partial charge >= 0.3 is 0 Å². The third kappa shape index (κ3) is 6.31. The lowest BCUT2D eigenvalue weighted by Crippen LogP contribution is -2.38. The molecule has 1 N–H and O–H groups in total. The van der Waals surface area contributed by atoms with Crippen molar-refractivity contribution in [3.05, 3.63) is 47.2 Å². The van der Waals surface area contributed by atoms with E-state index in [9.17, 15) is 4.79 Å². The van der Waals surface area contributed by atoms with Crippen LogP contribution in [0.4, 0.5) is 5.95 Å².